The molecule has 0 saturated carbocycles. The summed E-state index contributed by atoms with van der Waals surface area (Å²) in [5.74, 6) is 0.0825. The largest absolute Gasteiger partial charge is 0.368 e. The highest BCUT2D eigenvalue weighted by Crippen LogP contribution is 2.21. The first-order valence-corrected chi connectivity index (χ1v) is 8.49. The van der Waals surface area contributed by atoms with Gasteiger partial charge in [0.05, 0.1) is 0 Å². The zero-order valence-corrected chi connectivity index (χ0v) is 13.7. The number of hydrogen-bond acceptors (Lipinski definition) is 3. The van der Waals surface area contributed by atoms with Gasteiger partial charge in [0.1, 0.15) is 0 Å². The molecule has 0 atom stereocenters. The van der Waals surface area contributed by atoms with Crippen molar-refractivity contribution < 1.29 is 4.79 Å². The Bertz CT molecular complexity index is 661. The predicted molar refractivity (Wildman–Crippen MR) is 93.6 cm³/mol. The maximum Gasteiger partial charge on any atom is 0.246 e. The van der Waals surface area contributed by atoms with Crippen molar-refractivity contribution in [2.45, 2.75) is 0 Å². The number of benzene rings is 1. The van der Waals surface area contributed by atoms with E-state index in [9.17, 15) is 4.79 Å². The number of piperazine rings is 1. The molecule has 0 N–H and O–H groups in total. The number of rotatable bonds is 3. The summed E-state index contributed by atoms with van der Waals surface area (Å²) < 4.78 is 0. The molecule has 0 aliphatic carbocycles. The third-order valence-electron chi connectivity index (χ3n) is 3.70. The highest BCUT2D eigenvalue weighted by molar-refractivity contribution is 7.10. The molecule has 0 spiro atoms. The quantitative estimate of drug-likeness (QED) is 0.799. The summed E-state index contributed by atoms with van der Waals surface area (Å²) >= 11 is 7.67. The summed E-state index contributed by atoms with van der Waals surface area (Å²) in [6.07, 6.45) is 3.55. The van der Waals surface area contributed by atoms with Gasteiger partial charge < -0.3 is 9.80 Å². The fourth-order valence-corrected chi connectivity index (χ4v) is 3.31. The Morgan fingerprint density at radius 2 is 1.95 bits per heavy atom. The Labute approximate surface area is 139 Å². The van der Waals surface area contributed by atoms with Crippen LogP contribution in [0.1, 0.15) is 4.88 Å². The maximum atomic E-state index is 12.2. The standard InChI is InChI=1S/C17H17ClN2OS/c18-14-3-1-4-15(13-14)19-8-10-20(11-9-19)17(21)7-6-16-5-2-12-22-16/h1-7,12-13H,8-11H2/b7-6+. The number of carbonyl (C=O) groups excluding carboxylic acids is 1. The minimum Gasteiger partial charge on any atom is -0.368 e. The normalized spacial score (nSPS) is 15.5. The van der Waals surface area contributed by atoms with Crippen LogP contribution >= 0.6 is 22.9 Å². The average molecular weight is 333 g/mol. The molecule has 114 valence electrons. The summed E-state index contributed by atoms with van der Waals surface area (Å²) in [6, 6.07) is 11.8. The Kier molecular flexibility index (Phi) is 4.80. The molecular weight excluding hydrogens is 316 g/mol. The van der Waals surface area contributed by atoms with Crippen molar-refractivity contribution in [3.05, 3.63) is 57.8 Å². The molecule has 1 saturated heterocycles. The summed E-state index contributed by atoms with van der Waals surface area (Å²) in [7, 11) is 0. The van der Waals surface area contributed by atoms with Crippen LogP contribution in [0.4, 0.5) is 5.69 Å². The third kappa shape index (κ3) is 3.70. The van der Waals surface area contributed by atoms with Gasteiger partial charge in [0.25, 0.3) is 0 Å². The number of anilines is 1. The number of amides is 1. The van der Waals surface area contributed by atoms with E-state index in [4.69, 9.17) is 11.6 Å². The van der Waals surface area contributed by atoms with Gasteiger partial charge in [0.15, 0.2) is 0 Å². The molecule has 0 bridgehead atoms. The fraction of sp³-hybridized carbons (Fsp3) is 0.235. The molecule has 1 aliphatic heterocycles. The Morgan fingerprint density at radius 3 is 2.64 bits per heavy atom. The van der Waals surface area contributed by atoms with E-state index >= 15 is 0 Å². The number of thiophene rings is 1. The second-order valence-corrected chi connectivity index (χ2v) is 6.56. The van der Waals surface area contributed by atoms with E-state index in [0.717, 1.165) is 41.8 Å². The third-order valence-corrected chi connectivity index (χ3v) is 4.77. The van der Waals surface area contributed by atoms with Crippen LogP contribution < -0.4 is 4.90 Å². The molecule has 5 heteroatoms. The molecule has 1 aromatic heterocycles. The molecule has 1 amide bonds. The van der Waals surface area contributed by atoms with Gasteiger partial charge in [-0.15, -0.1) is 11.3 Å². The van der Waals surface area contributed by atoms with Gasteiger partial charge in [-0.2, -0.15) is 0 Å². The zero-order chi connectivity index (χ0) is 15.4. The smallest absolute Gasteiger partial charge is 0.246 e. The van der Waals surface area contributed by atoms with Crippen LogP contribution in [0, 0.1) is 0 Å². The molecule has 0 unspecified atom stereocenters. The van der Waals surface area contributed by atoms with Crippen molar-refractivity contribution in [2.24, 2.45) is 0 Å². The molecule has 3 nitrogen and oxygen atoms in total. The fourth-order valence-electron chi connectivity index (χ4n) is 2.50. The molecule has 1 aromatic carbocycles. The van der Waals surface area contributed by atoms with E-state index in [1.165, 1.54) is 0 Å². The van der Waals surface area contributed by atoms with Crippen molar-refractivity contribution in [2.75, 3.05) is 31.1 Å². The number of nitrogens with zero attached hydrogens (tertiary/aromatic N) is 2. The van der Waals surface area contributed by atoms with Crippen LogP contribution in [-0.2, 0) is 4.79 Å². The van der Waals surface area contributed by atoms with Crippen molar-refractivity contribution >= 4 is 40.6 Å². The highest BCUT2D eigenvalue weighted by Gasteiger charge is 2.19. The van der Waals surface area contributed by atoms with Crippen LogP contribution in [0.25, 0.3) is 6.08 Å². The lowest BCUT2D eigenvalue weighted by molar-refractivity contribution is -0.126. The van der Waals surface area contributed by atoms with Crippen molar-refractivity contribution in [3.8, 4) is 0 Å². The highest BCUT2D eigenvalue weighted by atomic mass is 35.5. The number of carbonyl (C=O) groups is 1. The van der Waals surface area contributed by atoms with Gasteiger partial charge in [-0.1, -0.05) is 23.7 Å². The van der Waals surface area contributed by atoms with Crippen LogP contribution in [0.15, 0.2) is 47.9 Å². The molecular formula is C17H17ClN2OS. The SMILES string of the molecule is O=C(/C=C/c1cccs1)N1CCN(c2cccc(Cl)c2)CC1. The van der Waals surface area contributed by atoms with E-state index in [-0.39, 0.29) is 5.91 Å². The van der Waals surface area contributed by atoms with Crippen molar-refractivity contribution in [1.29, 1.82) is 0 Å². The van der Waals surface area contributed by atoms with E-state index in [1.807, 2.05) is 46.7 Å². The second-order valence-electron chi connectivity index (χ2n) is 5.14. The van der Waals surface area contributed by atoms with Gasteiger partial charge in [0, 0.05) is 47.8 Å². The van der Waals surface area contributed by atoms with Gasteiger partial charge >= 0.3 is 0 Å². The van der Waals surface area contributed by atoms with E-state index in [1.54, 1.807) is 17.4 Å². The summed E-state index contributed by atoms with van der Waals surface area (Å²) in [6.45, 7) is 3.14. The van der Waals surface area contributed by atoms with E-state index < -0.39 is 0 Å². The lowest BCUT2D eigenvalue weighted by atomic mass is 10.2. The van der Waals surface area contributed by atoms with Crippen molar-refractivity contribution in [3.63, 3.8) is 0 Å². The molecule has 3 rings (SSSR count). The number of halogens is 1. The second kappa shape index (κ2) is 6.99. The summed E-state index contributed by atoms with van der Waals surface area (Å²) in [5.41, 5.74) is 1.12. The topological polar surface area (TPSA) is 23.6 Å². The van der Waals surface area contributed by atoms with Crippen molar-refractivity contribution in [1.82, 2.24) is 4.90 Å². The van der Waals surface area contributed by atoms with Crippen LogP contribution in [0.2, 0.25) is 5.02 Å². The summed E-state index contributed by atoms with van der Waals surface area (Å²) in [5, 5.41) is 2.75. The van der Waals surface area contributed by atoms with Gasteiger partial charge in [-0.05, 0) is 35.7 Å². The lowest BCUT2D eigenvalue weighted by Gasteiger charge is -2.35. The minimum atomic E-state index is 0.0825. The van der Waals surface area contributed by atoms with Crippen LogP contribution in [0.3, 0.4) is 0 Å². The first-order chi connectivity index (χ1) is 10.7. The zero-order valence-electron chi connectivity index (χ0n) is 12.1. The molecule has 0 radical (unpaired) electrons. The first-order valence-electron chi connectivity index (χ1n) is 7.23. The Balaban J connectivity index is 1.56. The maximum absolute atomic E-state index is 12.2. The van der Waals surface area contributed by atoms with Crippen LogP contribution in [0.5, 0.6) is 0 Å². The molecule has 2 heterocycles. The summed E-state index contributed by atoms with van der Waals surface area (Å²) in [4.78, 5) is 17.5. The predicted octanol–water partition coefficient (Wildman–Crippen LogP) is 3.76. The van der Waals surface area contributed by atoms with E-state index in [2.05, 4.69) is 11.0 Å². The minimum absolute atomic E-state index is 0.0825. The van der Waals surface area contributed by atoms with Gasteiger partial charge in [0.2, 0.25) is 5.91 Å². The Morgan fingerprint density at radius 1 is 1.14 bits per heavy atom. The molecule has 1 aliphatic rings. The monoisotopic (exact) mass is 332 g/mol. The Hall–Kier alpha value is -1.78. The molecule has 1 fully saturated rings. The molecule has 22 heavy (non-hydrogen) atoms. The first kappa shape index (κ1) is 15.1. The van der Waals surface area contributed by atoms with E-state index in [0.29, 0.717) is 0 Å². The number of hydrogen-bond donors (Lipinski definition) is 0. The molecule has 2 aromatic rings. The lowest BCUT2D eigenvalue weighted by Crippen LogP contribution is -2.48. The van der Waals surface area contributed by atoms with Gasteiger partial charge in [-0.3, -0.25) is 4.79 Å². The van der Waals surface area contributed by atoms with Gasteiger partial charge in [-0.25, -0.2) is 0 Å². The average Bonchev–Trinajstić information content (AvgIpc) is 3.06. The van der Waals surface area contributed by atoms with Crippen LogP contribution in [-0.4, -0.2) is 37.0 Å².